The number of carbonyl (C=O) groups is 1. The number of para-hydroxylation sites is 1. The summed E-state index contributed by atoms with van der Waals surface area (Å²) in [5, 5.41) is -0.365. The molecule has 0 spiro atoms. The third kappa shape index (κ3) is 2.32. The number of rotatable bonds is 2. The first kappa shape index (κ1) is 10.5. The predicted molar refractivity (Wildman–Crippen MR) is 62.7 cm³/mol. The number of nitrogens with zero attached hydrogens (tertiary/aromatic N) is 1. The van der Waals surface area contributed by atoms with E-state index in [4.69, 9.17) is 11.6 Å². The van der Waals surface area contributed by atoms with E-state index in [1.54, 1.807) is 6.07 Å². The lowest BCUT2D eigenvalue weighted by Gasteiger charge is -2.29. The average molecular weight is 224 g/mol. The van der Waals surface area contributed by atoms with Gasteiger partial charge in [-0.25, -0.2) is 0 Å². The van der Waals surface area contributed by atoms with Crippen LogP contribution in [0.15, 0.2) is 24.3 Å². The van der Waals surface area contributed by atoms with E-state index >= 15 is 0 Å². The van der Waals surface area contributed by atoms with Crippen molar-refractivity contribution in [3.63, 3.8) is 0 Å². The standard InChI is InChI=1S/C12H14ClNO/c13-12(15)10-6-2-3-7-11(10)14-8-4-1-5-9-14/h2-3,6-7H,1,4-5,8-9H2. The Hall–Kier alpha value is -1.02. The van der Waals surface area contributed by atoms with Gasteiger partial charge < -0.3 is 4.90 Å². The second-order valence-corrected chi connectivity index (χ2v) is 4.18. The number of hydrogen-bond acceptors (Lipinski definition) is 2. The molecule has 0 bridgehead atoms. The van der Waals surface area contributed by atoms with Gasteiger partial charge in [0.05, 0.1) is 5.56 Å². The van der Waals surface area contributed by atoms with Crippen molar-refractivity contribution in [2.75, 3.05) is 18.0 Å². The molecule has 0 radical (unpaired) electrons. The normalized spacial score (nSPS) is 16.5. The molecule has 1 aromatic rings. The first-order valence-corrected chi connectivity index (χ1v) is 5.70. The molecule has 1 aliphatic heterocycles. The van der Waals surface area contributed by atoms with Crippen LogP contribution in [0.4, 0.5) is 5.69 Å². The summed E-state index contributed by atoms with van der Waals surface area (Å²) in [5.74, 6) is 0. The number of benzene rings is 1. The van der Waals surface area contributed by atoms with E-state index in [-0.39, 0.29) is 5.24 Å². The molecule has 15 heavy (non-hydrogen) atoms. The molecule has 1 fully saturated rings. The summed E-state index contributed by atoms with van der Waals surface area (Å²) in [6.07, 6.45) is 3.68. The van der Waals surface area contributed by atoms with Gasteiger partial charge >= 0.3 is 0 Å². The Bertz CT molecular complexity index is 358. The third-order valence-electron chi connectivity index (χ3n) is 2.81. The molecule has 0 aliphatic carbocycles. The van der Waals surface area contributed by atoms with Crippen molar-refractivity contribution in [1.82, 2.24) is 0 Å². The number of carbonyl (C=O) groups excluding carboxylic acids is 1. The van der Waals surface area contributed by atoms with Crippen LogP contribution in [-0.4, -0.2) is 18.3 Å². The quantitative estimate of drug-likeness (QED) is 0.719. The summed E-state index contributed by atoms with van der Waals surface area (Å²) in [6.45, 7) is 2.06. The van der Waals surface area contributed by atoms with Crippen molar-refractivity contribution in [1.29, 1.82) is 0 Å². The highest BCUT2D eigenvalue weighted by Crippen LogP contribution is 2.25. The molecule has 1 heterocycles. The van der Waals surface area contributed by atoms with Crippen LogP contribution in [0.5, 0.6) is 0 Å². The smallest absolute Gasteiger partial charge is 0.254 e. The van der Waals surface area contributed by atoms with Crippen LogP contribution in [0.25, 0.3) is 0 Å². The zero-order valence-electron chi connectivity index (χ0n) is 8.58. The van der Waals surface area contributed by atoms with Crippen molar-refractivity contribution in [3.05, 3.63) is 29.8 Å². The first-order chi connectivity index (χ1) is 7.29. The van der Waals surface area contributed by atoms with Crippen LogP contribution in [0.1, 0.15) is 29.6 Å². The number of halogens is 1. The van der Waals surface area contributed by atoms with Gasteiger partial charge in [0.1, 0.15) is 0 Å². The Labute approximate surface area is 94.8 Å². The van der Waals surface area contributed by atoms with E-state index in [0.29, 0.717) is 5.56 Å². The molecule has 2 nitrogen and oxygen atoms in total. The molecule has 1 aromatic carbocycles. The molecule has 0 atom stereocenters. The second-order valence-electron chi connectivity index (χ2n) is 3.84. The summed E-state index contributed by atoms with van der Waals surface area (Å²) in [7, 11) is 0. The van der Waals surface area contributed by atoms with E-state index in [1.807, 2.05) is 18.2 Å². The van der Waals surface area contributed by atoms with Gasteiger partial charge in [-0.1, -0.05) is 12.1 Å². The molecule has 1 saturated heterocycles. The Kier molecular flexibility index (Phi) is 3.27. The Morgan fingerprint density at radius 1 is 1.13 bits per heavy atom. The highest BCUT2D eigenvalue weighted by Gasteiger charge is 2.16. The second kappa shape index (κ2) is 4.67. The van der Waals surface area contributed by atoms with Gasteiger partial charge in [-0.3, -0.25) is 4.79 Å². The van der Waals surface area contributed by atoms with Crippen LogP contribution in [0.3, 0.4) is 0 Å². The summed E-state index contributed by atoms with van der Waals surface area (Å²) in [6, 6.07) is 7.57. The highest BCUT2D eigenvalue weighted by atomic mass is 35.5. The van der Waals surface area contributed by atoms with E-state index in [9.17, 15) is 4.79 Å². The molecule has 0 unspecified atom stereocenters. The Balaban J connectivity index is 2.29. The highest BCUT2D eigenvalue weighted by molar-refractivity contribution is 6.68. The van der Waals surface area contributed by atoms with Crippen molar-refractivity contribution in [2.24, 2.45) is 0 Å². The molecular weight excluding hydrogens is 210 g/mol. The van der Waals surface area contributed by atoms with Crippen LogP contribution < -0.4 is 4.90 Å². The van der Waals surface area contributed by atoms with E-state index in [2.05, 4.69) is 4.90 Å². The van der Waals surface area contributed by atoms with Gasteiger partial charge in [-0.05, 0) is 43.0 Å². The average Bonchev–Trinajstić information content (AvgIpc) is 2.30. The van der Waals surface area contributed by atoms with Crippen LogP contribution in [-0.2, 0) is 0 Å². The Morgan fingerprint density at radius 3 is 2.47 bits per heavy atom. The maximum absolute atomic E-state index is 11.2. The molecule has 2 rings (SSSR count). The van der Waals surface area contributed by atoms with Gasteiger partial charge in [0.2, 0.25) is 0 Å². The lowest BCUT2D eigenvalue weighted by molar-refractivity contribution is 0.108. The minimum atomic E-state index is -0.365. The van der Waals surface area contributed by atoms with Gasteiger partial charge in [0, 0.05) is 18.8 Å². The molecule has 0 saturated carbocycles. The first-order valence-electron chi connectivity index (χ1n) is 5.33. The maximum Gasteiger partial charge on any atom is 0.254 e. The van der Waals surface area contributed by atoms with Crippen molar-refractivity contribution < 1.29 is 4.79 Å². The molecule has 3 heteroatoms. The molecule has 0 amide bonds. The lowest BCUT2D eigenvalue weighted by atomic mass is 10.1. The van der Waals surface area contributed by atoms with Crippen LogP contribution >= 0.6 is 11.6 Å². The van der Waals surface area contributed by atoms with Crippen molar-refractivity contribution in [2.45, 2.75) is 19.3 Å². The fraction of sp³-hybridized carbons (Fsp3) is 0.417. The summed E-state index contributed by atoms with van der Waals surface area (Å²) in [4.78, 5) is 13.5. The Morgan fingerprint density at radius 2 is 1.80 bits per heavy atom. The van der Waals surface area contributed by atoms with Gasteiger partial charge in [0.15, 0.2) is 0 Å². The number of anilines is 1. The van der Waals surface area contributed by atoms with E-state index in [1.165, 1.54) is 19.3 Å². The summed E-state index contributed by atoms with van der Waals surface area (Å²) < 4.78 is 0. The predicted octanol–water partition coefficient (Wildman–Crippen LogP) is 3.06. The van der Waals surface area contributed by atoms with Gasteiger partial charge in [-0.2, -0.15) is 0 Å². The minimum absolute atomic E-state index is 0.365. The molecule has 1 aliphatic rings. The fourth-order valence-electron chi connectivity index (χ4n) is 2.05. The number of hydrogen-bond donors (Lipinski definition) is 0. The zero-order chi connectivity index (χ0) is 10.7. The fourth-order valence-corrected chi connectivity index (χ4v) is 2.21. The maximum atomic E-state index is 11.2. The van der Waals surface area contributed by atoms with Crippen LogP contribution in [0.2, 0.25) is 0 Å². The lowest BCUT2D eigenvalue weighted by Crippen LogP contribution is -2.30. The van der Waals surface area contributed by atoms with Gasteiger partial charge in [0.25, 0.3) is 5.24 Å². The molecule has 0 N–H and O–H groups in total. The van der Waals surface area contributed by atoms with E-state index in [0.717, 1.165) is 18.8 Å². The zero-order valence-corrected chi connectivity index (χ0v) is 9.33. The molecule has 0 aromatic heterocycles. The number of piperidine rings is 1. The molecular formula is C12H14ClNO. The van der Waals surface area contributed by atoms with Crippen LogP contribution in [0, 0.1) is 0 Å². The monoisotopic (exact) mass is 223 g/mol. The SMILES string of the molecule is O=C(Cl)c1ccccc1N1CCCCC1. The third-order valence-corrected chi connectivity index (χ3v) is 3.02. The van der Waals surface area contributed by atoms with Crippen molar-refractivity contribution >= 4 is 22.5 Å². The summed E-state index contributed by atoms with van der Waals surface area (Å²) in [5.41, 5.74) is 1.61. The summed E-state index contributed by atoms with van der Waals surface area (Å²) >= 11 is 5.56. The van der Waals surface area contributed by atoms with E-state index < -0.39 is 0 Å². The molecule has 80 valence electrons. The van der Waals surface area contributed by atoms with Gasteiger partial charge in [-0.15, -0.1) is 0 Å². The minimum Gasteiger partial charge on any atom is -0.371 e. The topological polar surface area (TPSA) is 20.3 Å². The largest absolute Gasteiger partial charge is 0.371 e. The van der Waals surface area contributed by atoms with Crippen molar-refractivity contribution in [3.8, 4) is 0 Å².